The van der Waals surface area contributed by atoms with Gasteiger partial charge in [-0.2, -0.15) is 0 Å². The fraction of sp³-hybridized carbons (Fsp3) is 0.611. The number of aryl methyl sites for hydroxylation is 2. The summed E-state index contributed by atoms with van der Waals surface area (Å²) in [5, 5.41) is 1.21. The molecule has 0 aromatic carbocycles. The van der Waals surface area contributed by atoms with E-state index in [0.717, 1.165) is 43.0 Å². The second-order valence-corrected chi connectivity index (χ2v) is 8.19. The Morgan fingerprint density at radius 2 is 1.92 bits per heavy atom. The summed E-state index contributed by atoms with van der Waals surface area (Å²) in [6, 6.07) is 0.712. The first-order valence-corrected chi connectivity index (χ1v) is 9.64. The number of fused-ring (bicyclic) bond motifs is 1. The van der Waals surface area contributed by atoms with Crippen LogP contribution in [0.4, 0.5) is 5.82 Å². The van der Waals surface area contributed by atoms with Crippen LogP contribution in [0.15, 0.2) is 6.33 Å². The third-order valence-electron chi connectivity index (χ3n) is 5.66. The lowest BCUT2D eigenvalue weighted by Crippen LogP contribution is -2.48. The van der Waals surface area contributed by atoms with Crippen molar-refractivity contribution in [2.75, 3.05) is 18.0 Å². The lowest BCUT2D eigenvalue weighted by molar-refractivity contribution is -0.129. The van der Waals surface area contributed by atoms with E-state index in [1.54, 1.807) is 24.6 Å². The van der Waals surface area contributed by atoms with Gasteiger partial charge in [0.2, 0.25) is 5.91 Å². The van der Waals surface area contributed by atoms with Gasteiger partial charge in [-0.15, -0.1) is 11.3 Å². The minimum absolute atomic E-state index is 0.208. The van der Waals surface area contributed by atoms with Gasteiger partial charge in [0, 0.05) is 24.9 Å². The molecule has 0 N–H and O–H groups in total. The number of hydrogen-bond donors (Lipinski definition) is 0. The van der Waals surface area contributed by atoms with Gasteiger partial charge in [-0.3, -0.25) is 4.79 Å². The van der Waals surface area contributed by atoms with E-state index < -0.39 is 0 Å². The van der Waals surface area contributed by atoms with Crippen LogP contribution >= 0.6 is 11.3 Å². The molecule has 2 aromatic rings. The fourth-order valence-electron chi connectivity index (χ4n) is 4.42. The van der Waals surface area contributed by atoms with Crippen molar-refractivity contribution in [2.24, 2.45) is 0 Å². The molecular formula is C18H24N4OS. The van der Waals surface area contributed by atoms with Crippen molar-refractivity contribution in [3.63, 3.8) is 0 Å². The Balaban J connectivity index is 1.75. The number of aromatic nitrogens is 2. The van der Waals surface area contributed by atoms with Crippen molar-refractivity contribution in [1.82, 2.24) is 14.9 Å². The number of anilines is 1. The van der Waals surface area contributed by atoms with Gasteiger partial charge in [-0.25, -0.2) is 9.97 Å². The first-order valence-electron chi connectivity index (χ1n) is 8.82. The van der Waals surface area contributed by atoms with Crippen LogP contribution in [0.3, 0.4) is 0 Å². The zero-order valence-corrected chi connectivity index (χ0v) is 15.4. The van der Waals surface area contributed by atoms with Gasteiger partial charge in [0.25, 0.3) is 0 Å². The second kappa shape index (κ2) is 5.99. The molecule has 4 rings (SSSR count). The smallest absolute Gasteiger partial charge is 0.219 e. The SMILES string of the molecule is CC(=O)N1CCCC1C1CCCN1c1ncnc2sc(C)c(C)c12. The molecule has 4 heterocycles. The average Bonchev–Trinajstić information content (AvgIpc) is 3.26. The molecule has 0 saturated carbocycles. The number of amides is 1. The van der Waals surface area contributed by atoms with Gasteiger partial charge < -0.3 is 9.80 Å². The minimum Gasteiger partial charge on any atom is -0.351 e. The summed E-state index contributed by atoms with van der Waals surface area (Å²) >= 11 is 1.75. The first kappa shape index (κ1) is 15.8. The van der Waals surface area contributed by atoms with E-state index in [9.17, 15) is 4.79 Å². The lowest BCUT2D eigenvalue weighted by atomic mass is 10.0. The highest BCUT2D eigenvalue weighted by molar-refractivity contribution is 7.18. The topological polar surface area (TPSA) is 49.3 Å². The van der Waals surface area contributed by atoms with Gasteiger partial charge >= 0.3 is 0 Å². The van der Waals surface area contributed by atoms with E-state index in [0.29, 0.717) is 12.1 Å². The molecule has 2 atom stereocenters. The maximum Gasteiger partial charge on any atom is 0.219 e. The van der Waals surface area contributed by atoms with E-state index in [1.807, 2.05) is 0 Å². The summed E-state index contributed by atoms with van der Waals surface area (Å²) in [6.07, 6.45) is 6.23. The number of hydrogen-bond acceptors (Lipinski definition) is 5. The maximum absolute atomic E-state index is 12.0. The first-order chi connectivity index (χ1) is 11.6. The Hall–Kier alpha value is -1.69. The molecule has 2 saturated heterocycles. The van der Waals surface area contributed by atoms with Crippen molar-refractivity contribution in [3.05, 3.63) is 16.8 Å². The quantitative estimate of drug-likeness (QED) is 0.839. The van der Waals surface area contributed by atoms with E-state index in [2.05, 4.69) is 33.6 Å². The molecule has 0 bridgehead atoms. The summed E-state index contributed by atoms with van der Waals surface area (Å²) in [5.74, 6) is 1.28. The summed E-state index contributed by atoms with van der Waals surface area (Å²) in [6.45, 7) is 7.95. The van der Waals surface area contributed by atoms with Gasteiger partial charge in [0.1, 0.15) is 17.0 Å². The molecule has 2 aromatic heterocycles. The number of likely N-dealkylation sites (tertiary alicyclic amines) is 1. The second-order valence-electron chi connectivity index (χ2n) is 6.99. The molecule has 2 fully saturated rings. The molecule has 2 aliphatic rings. The van der Waals surface area contributed by atoms with Gasteiger partial charge in [0.15, 0.2) is 0 Å². The van der Waals surface area contributed by atoms with Gasteiger partial charge in [0.05, 0.1) is 17.5 Å². The monoisotopic (exact) mass is 344 g/mol. The minimum atomic E-state index is 0.208. The molecule has 128 valence electrons. The van der Waals surface area contributed by atoms with Crippen LogP contribution in [0.1, 0.15) is 43.0 Å². The third kappa shape index (κ3) is 2.39. The van der Waals surface area contributed by atoms with Crippen molar-refractivity contribution in [3.8, 4) is 0 Å². The van der Waals surface area contributed by atoms with Crippen LogP contribution < -0.4 is 4.90 Å². The Kier molecular flexibility index (Phi) is 3.95. The summed E-state index contributed by atoms with van der Waals surface area (Å²) in [7, 11) is 0. The number of thiophene rings is 1. The summed E-state index contributed by atoms with van der Waals surface area (Å²) in [5.41, 5.74) is 1.30. The van der Waals surface area contributed by atoms with E-state index in [-0.39, 0.29) is 5.91 Å². The lowest BCUT2D eigenvalue weighted by Gasteiger charge is -2.35. The molecule has 0 spiro atoms. The van der Waals surface area contributed by atoms with E-state index in [1.165, 1.54) is 22.2 Å². The van der Waals surface area contributed by atoms with Gasteiger partial charge in [-0.1, -0.05) is 0 Å². The molecule has 5 nitrogen and oxygen atoms in total. The Morgan fingerprint density at radius 1 is 1.17 bits per heavy atom. The van der Waals surface area contributed by atoms with Crippen molar-refractivity contribution in [2.45, 2.75) is 58.5 Å². The van der Waals surface area contributed by atoms with E-state index in [4.69, 9.17) is 0 Å². The number of nitrogens with zero attached hydrogens (tertiary/aromatic N) is 4. The molecular weight excluding hydrogens is 320 g/mol. The number of carbonyl (C=O) groups excluding carboxylic acids is 1. The Bertz CT molecular complexity index is 787. The van der Waals surface area contributed by atoms with Crippen LogP contribution in [0.25, 0.3) is 10.2 Å². The predicted octanol–water partition coefficient (Wildman–Crippen LogP) is 3.29. The molecule has 0 aliphatic carbocycles. The van der Waals surface area contributed by atoms with Crippen molar-refractivity contribution < 1.29 is 4.79 Å². The number of rotatable bonds is 2. The summed E-state index contributed by atoms with van der Waals surface area (Å²) in [4.78, 5) is 28.1. The highest BCUT2D eigenvalue weighted by Crippen LogP contribution is 2.39. The van der Waals surface area contributed by atoms with Crippen LogP contribution in [0, 0.1) is 13.8 Å². The maximum atomic E-state index is 12.0. The van der Waals surface area contributed by atoms with Gasteiger partial charge in [-0.05, 0) is 45.1 Å². The van der Waals surface area contributed by atoms with Crippen molar-refractivity contribution in [1.29, 1.82) is 0 Å². The van der Waals surface area contributed by atoms with E-state index >= 15 is 0 Å². The van der Waals surface area contributed by atoms with Crippen LogP contribution in [0.5, 0.6) is 0 Å². The molecule has 2 unspecified atom stereocenters. The molecule has 6 heteroatoms. The zero-order chi connectivity index (χ0) is 16.8. The van der Waals surface area contributed by atoms with Crippen LogP contribution in [0.2, 0.25) is 0 Å². The third-order valence-corrected chi connectivity index (χ3v) is 6.78. The highest BCUT2D eigenvalue weighted by Gasteiger charge is 2.40. The molecule has 24 heavy (non-hydrogen) atoms. The molecule has 1 amide bonds. The molecule has 0 radical (unpaired) electrons. The van der Waals surface area contributed by atoms with Crippen molar-refractivity contribution >= 4 is 33.3 Å². The molecule has 2 aliphatic heterocycles. The average molecular weight is 344 g/mol. The standard InChI is InChI=1S/C18H24N4OS/c1-11-12(2)24-18-16(11)17(19-10-20-18)22-9-5-7-15(22)14-6-4-8-21(14)13(3)23/h10,14-15H,4-9H2,1-3H3. The Labute approximate surface area is 146 Å². The largest absolute Gasteiger partial charge is 0.351 e. The van der Waals surface area contributed by atoms with Crippen LogP contribution in [-0.2, 0) is 4.79 Å². The fourth-order valence-corrected chi connectivity index (χ4v) is 5.41. The highest BCUT2D eigenvalue weighted by atomic mass is 32.1. The zero-order valence-electron chi connectivity index (χ0n) is 14.6. The number of carbonyl (C=O) groups is 1. The summed E-state index contributed by atoms with van der Waals surface area (Å²) < 4.78 is 0. The Morgan fingerprint density at radius 3 is 2.71 bits per heavy atom. The van der Waals surface area contributed by atoms with Crippen LogP contribution in [-0.4, -0.2) is 45.9 Å². The predicted molar refractivity (Wildman–Crippen MR) is 97.7 cm³/mol. The normalized spacial score (nSPS) is 24.3.